The first-order chi connectivity index (χ1) is 7.25. The maximum absolute atomic E-state index is 11.9. The zero-order valence-corrected chi connectivity index (χ0v) is 9.17. The number of aryl methyl sites for hydroxylation is 2. The minimum Gasteiger partial charge on any atom is -0.293 e. The number of nitrogens with zero attached hydrogens (tertiary/aromatic N) is 2. The number of Topliss-reactive ketones (excluding diaryl/α,β-unsaturated/α-hetero) is 1. The standard InChI is InChI=1S/C11H10N2OS/c1-7-6-8-9-2-4-12-13(9)5-3-10(14)11(8)15-7/h2,4,6H,3,5H2,1H3. The summed E-state index contributed by atoms with van der Waals surface area (Å²) < 4.78 is 1.91. The quantitative estimate of drug-likeness (QED) is 0.681. The molecule has 3 rings (SSSR count). The van der Waals surface area contributed by atoms with Crippen molar-refractivity contribution in [3.05, 3.63) is 28.1 Å². The van der Waals surface area contributed by atoms with Gasteiger partial charge >= 0.3 is 0 Å². The Morgan fingerprint density at radius 1 is 1.53 bits per heavy atom. The Morgan fingerprint density at radius 3 is 3.27 bits per heavy atom. The topological polar surface area (TPSA) is 34.9 Å². The molecule has 0 unspecified atom stereocenters. The lowest BCUT2D eigenvalue weighted by molar-refractivity contribution is 0.0982. The minimum atomic E-state index is 0.244. The monoisotopic (exact) mass is 218 g/mol. The number of hydrogen-bond donors (Lipinski definition) is 0. The van der Waals surface area contributed by atoms with Crippen molar-refractivity contribution in [3.63, 3.8) is 0 Å². The van der Waals surface area contributed by atoms with Gasteiger partial charge in [0.05, 0.1) is 10.6 Å². The third-order valence-corrected chi connectivity index (χ3v) is 3.74. The number of ketones is 1. The van der Waals surface area contributed by atoms with E-state index < -0.39 is 0 Å². The van der Waals surface area contributed by atoms with Crippen molar-refractivity contribution in [3.8, 4) is 11.3 Å². The van der Waals surface area contributed by atoms with Gasteiger partial charge in [0.15, 0.2) is 5.78 Å². The first-order valence-corrected chi connectivity index (χ1v) is 5.73. The van der Waals surface area contributed by atoms with Crippen LogP contribution in [0.4, 0.5) is 0 Å². The fourth-order valence-corrected chi connectivity index (χ4v) is 2.96. The summed E-state index contributed by atoms with van der Waals surface area (Å²) in [5.74, 6) is 0.244. The van der Waals surface area contributed by atoms with Crippen LogP contribution in [0, 0.1) is 6.92 Å². The molecule has 1 aliphatic heterocycles. The molecule has 4 heteroatoms. The molecule has 1 aliphatic rings. The molecule has 2 aromatic heterocycles. The second-order valence-electron chi connectivity index (χ2n) is 3.71. The summed E-state index contributed by atoms with van der Waals surface area (Å²) in [6.07, 6.45) is 2.35. The van der Waals surface area contributed by atoms with Crippen molar-refractivity contribution in [2.24, 2.45) is 0 Å². The second-order valence-corrected chi connectivity index (χ2v) is 4.97. The van der Waals surface area contributed by atoms with Crippen LogP contribution < -0.4 is 0 Å². The molecule has 0 amide bonds. The van der Waals surface area contributed by atoms with Gasteiger partial charge in [0.2, 0.25) is 0 Å². The van der Waals surface area contributed by atoms with E-state index in [0.717, 1.165) is 16.1 Å². The molecule has 0 saturated heterocycles. The molecule has 76 valence electrons. The Balaban J connectivity index is 2.31. The summed E-state index contributed by atoms with van der Waals surface area (Å²) >= 11 is 1.59. The van der Waals surface area contributed by atoms with Crippen LogP contribution >= 0.6 is 11.3 Å². The van der Waals surface area contributed by atoms with Crippen LogP contribution in [0.15, 0.2) is 18.3 Å². The first-order valence-electron chi connectivity index (χ1n) is 4.91. The number of carbonyl (C=O) groups is 1. The van der Waals surface area contributed by atoms with Crippen molar-refractivity contribution >= 4 is 17.1 Å². The van der Waals surface area contributed by atoms with Crippen molar-refractivity contribution in [1.29, 1.82) is 0 Å². The summed E-state index contributed by atoms with van der Waals surface area (Å²) in [4.78, 5) is 13.9. The lowest BCUT2D eigenvalue weighted by Gasteiger charge is -2.00. The first kappa shape index (κ1) is 8.85. The number of thiophene rings is 1. The molecule has 0 N–H and O–H groups in total. The van der Waals surface area contributed by atoms with E-state index in [1.54, 1.807) is 17.5 Å². The molecule has 0 atom stereocenters. The van der Waals surface area contributed by atoms with Gasteiger partial charge in [-0.1, -0.05) is 0 Å². The SMILES string of the molecule is Cc1cc2c(s1)C(=O)CCn1nccc1-2. The van der Waals surface area contributed by atoms with Crippen molar-refractivity contribution in [2.75, 3.05) is 0 Å². The lowest BCUT2D eigenvalue weighted by atomic mass is 10.1. The average Bonchev–Trinajstić information content (AvgIpc) is 2.77. The van der Waals surface area contributed by atoms with Crippen LogP contribution in [0.25, 0.3) is 11.3 Å². The molecule has 3 nitrogen and oxygen atoms in total. The van der Waals surface area contributed by atoms with Crippen LogP contribution in [0.5, 0.6) is 0 Å². The molecule has 15 heavy (non-hydrogen) atoms. The molecule has 0 spiro atoms. The molecule has 0 aliphatic carbocycles. The molecule has 0 fully saturated rings. The highest BCUT2D eigenvalue weighted by molar-refractivity contribution is 7.14. The highest BCUT2D eigenvalue weighted by Crippen LogP contribution is 2.34. The van der Waals surface area contributed by atoms with Gasteiger partial charge in [-0.15, -0.1) is 11.3 Å². The predicted octanol–water partition coefficient (Wildman–Crippen LogP) is 2.51. The van der Waals surface area contributed by atoms with E-state index in [-0.39, 0.29) is 5.78 Å². The fourth-order valence-electron chi connectivity index (χ4n) is 1.97. The number of aromatic nitrogens is 2. The summed E-state index contributed by atoms with van der Waals surface area (Å²) in [6, 6.07) is 4.06. The zero-order valence-electron chi connectivity index (χ0n) is 8.36. The molecule has 0 aromatic carbocycles. The fraction of sp³-hybridized carbons (Fsp3) is 0.273. The van der Waals surface area contributed by atoms with Gasteiger partial charge < -0.3 is 0 Å². The Morgan fingerprint density at radius 2 is 2.40 bits per heavy atom. The summed E-state index contributed by atoms with van der Waals surface area (Å²) in [5.41, 5.74) is 2.12. The van der Waals surface area contributed by atoms with Crippen LogP contribution in [0.2, 0.25) is 0 Å². The molecule has 0 saturated carbocycles. The average molecular weight is 218 g/mol. The Kier molecular flexibility index (Phi) is 1.79. The minimum absolute atomic E-state index is 0.244. The highest BCUT2D eigenvalue weighted by Gasteiger charge is 2.22. The van der Waals surface area contributed by atoms with E-state index in [4.69, 9.17) is 0 Å². The van der Waals surface area contributed by atoms with Crippen LogP contribution in [-0.4, -0.2) is 15.6 Å². The van der Waals surface area contributed by atoms with Gasteiger partial charge in [-0.05, 0) is 19.1 Å². The normalized spacial score (nSPS) is 14.6. The Bertz CT molecular complexity index is 539. The van der Waals surface area contributed by atoms with E-state index in [0.29, 0.717) is 13.0 Å². The Hall–Kier alpha value is -1.42. The van der Waals surface area contributed by atoms with E-state index >= 15 is 0 Å². The second kappa shape index (κ2) is 3.03. The third kappa shape index (κ3) is 1.25. The molecular formula is C11H10N2OS. The van der Waals surface area contributed by atoms with E-state index in [1.807, 2.05) is 17.7 Å². The van der Waals surface area contributed by atoms with Crippen molar-refractivity contribution in [2.45, 2.75) is 19.9 Å². The number of fused-ring (bicyclic) bond motifs is 3. The maximum Gasteiger partial charge on any atom is 0.175 e. The van der Waals surface area contributed by atoms with Crippen molar-refractivity contribution in [1.82, 2.24) is 9.78 Å². The lowest BCUT2D eigenvalue weighted by Crippen LogP contribution is -2.02. The van der Waals surface area contributed by atoms with Gasteiger partial charge in [0.25, 0.3) is 0 Å². The summed E-state index contributed by atoms with van der Waals surface area (Å²) in [5, 5.41) is 4.23. The van der Waals surface area contributed by atoms with E-state index in [2.05, 4.69) is 11.2 Å². The van der Waals surface area contributed by atoms with Gasteiger partial charge in [0.1, 0.15) is 0 Å². The number of hydrogen-bond acceptors (Lipinski definition) is 3. The van der Waals surface area contributed by atoms with Gasteiger partial charge in [-0.2, -0.15) is 5.10 Å². The van der Waals surface area contributed by atoms with Gasteiger partial charge in [0, 0.05) is 29.6 Å². The molecule has 0 radical (unpaired) electrons. The van der Waals surface area contributed by atoms with E-state index in [1.165, 1.54) is 4.88 Å². The van der Waals surface area contributed by atoms with Crippen molar-refractivity contribution < 1.29 is 4.79 Å². The molecule has 2 aromatic rings. The highest BCUT2D eigenvalue weighted by atomic mass is 32.1. The molecule has 0 bridgehead atoms. The molecule has 3 heterocycles. The number of carbonyl (C=O) groups excluding carboxylic acids is 1. The summed E-state index contributed by atoms with van der Waals surface area (Å²) in [6.45, 7) is 2.73. The van der Waals surface area contributed by atoms with Gasteiger partial charge in [-0.25, -0.2) is 0 Å². The van der Waals surface area contributed by atoms with Crippen LogP contribution in [-0.2, 0) is 6.54 Å². The number of rotatable bonds is 0. The largest absolute Gasteiger partial charge is 0.293 e. The smallest absolute Gasteiger partial charge is 0.175 e. The Labute approximate surface area is 91.4 Å². The third-order valence-electron chi connectivity index (χ3n) is 2.65. The van der Waals surface area contributed by atoms with Crippen LogP contribution in [0.3, 0.4) is 0 Å². The molecular weight excluding hydrogens is 208 g/mol. The summed E-state index contributed by atoms with van der Waals surface area (Å²) in [7, 11) is 0. The van der Waals surface area contributed by atoms with E-state index in [9.17, 15) is 4.79 Å². The van der Waals surface area contributed by atoms with Gasteiger partial charge in [-0.3, -0.25) is 9.48 Å². The van der Waals surface area contributed by atoms with Crippen LogP contribution in [0.1, 0.15) is 21.0 Å². The maximum atomic E-state index is 11.9. The predicted molar refractivity (Wildman–Crippen MR) is 59.2 cm³/mol. The zero-order chi connectivity index (χ0) is 10.4.